The second-order valence-corrected chi connectivity index (χ2v) is 21.1. The fourth-order valence-electron chi connectivity index (χ4n) is 8.66. The largest absolute Gasteiger partial charge is 1.00 e. The second-order valence-electron chi connectivity index (χ2n) is 19.5. The summed E-state index contributed by atoms with van der Waals surface area (Å²) in [7, 11) is 9.40. The first-order chi connectivity index (χ1) is 39.9. The summed E-state index contributed by atoms with van der Waals surface area (Å²) in [4.78, 5) is 39.0. The minimum absolute atomic E-state index is 0. The average Bonchev–Trinajstić information content (AvgIpc) is 3.77. The van der Waals surface area contributed by atoms with Crippen molar-refractivity contribution in [1.82, 2.24) is 45.5 Å². The number of nitrogens with one attached hydrogen (secondary N) is 5. The molecule has 2 fully saturated rings. The van der Waals surface area contributed by atoms with Crippen LogP contribution in [-0.2, 0) is 19.2 Å². The Bertz CT molecular complexity index is 3400. The minimum atomic E-state index is -0.535. The third-order valence-electron chi connectivity index (χ3n) is 13.1. The van der Waals surface area contributed by atoms with E-state index in [1.54, 1.807) is 84.7 Å². The summed E-state index contributed by atoms with van der Waals surface area (Å²) in [5.74, 6) is -0.683. The van der Waals surface area contributed by atoms with Gasteiger partial charge in [-0.15, -0.1) is 0 Å². The van der Waals surface area contributed by atoms with E-state index in [0.717, 1.165) is 54.3 Å². The molecule has 2 unspecified atom stereocenters. The van der Waals surface area contributed by atoms with E-state index in [2.05, 4.69) is 51.6 Å². The number of aryl methyl sites for hydroxylation is 2. The Hall–Kier alpha value is -6.21. The Morgan fingerprint density at radius 3 is 1.52 bits per heavy atom. The molecule has 0 spiro atoms. The number of carbonyl (C=O) groups is 2. The van der Waals surface area contributed by atoms with Crippen molar-refractivity contribution in [3.8, 4) is 11.4 Å². The number of benzene rings is 4. The number of nitrogens with zero attached hydrogens (tertiary/aromatic N) is 7. The molecule has 2 atom stereocenters. The molecule has 2 amide bonds. The van der Waals surface area contributed by atoms with Gasteiger partial charge in [0, 0.05) is 53.5 Å². The maximum absolute atomic E-state index is 14.9. The molecule has 2 saturated carbocycles. The number of hydrogen-bond acceptors (Lipinski definition) is 12. The molecular weight excluding hydrogens is 1160 g/mol. The van der Waals surface area contributed by atoms with Gasteiger partial charge in [-0.3, -0.25) is 19.6 Å². The number of carbonyl (C=O) groups excluding carboxylic acids is 2. The van der Waals surface area contributed by atoms with Gasteiger partial charge in [0.05, 0.1) is 64.2 Å². The summed E-state index contributed by atoms with van der Waals surface area (Å²) in [6, 6.07) is 38.2. The van der Waals surface area contributed by atoms with E-state index in [1.807, 2.05) is 67.6 Å². The summed E-state index contributed by atoms with van der Waals surface area (Å²) in [6.45, 7) is 16.1. The van der Waals surface area contributed by atoms with Crippen molar-refractivity contribution < 1.29 is 62.0 Å². The predicted octanol–water partition coefficient (Wildman–Crippen LogP) is 6.73. The molecular formula is C60H68BCl2F2N15NaNiO2. The van der Waals surface area contributed by atoms with Gasteiger partial charge in [0.2, 0.25) is 0 Å². The van der Waals surface area contributed by atoms with Crippen molar-refractivity contribution in [2.45, 2.75) is 58.2 Å². The van der Waals surface area contributed by atoms with Crippen LogP contribution in [0, 0.1) is 43.9 Å². The van der Waals surface area contributed by atoms with Crippen LogP contribution in [0.5, 0.6) is 0 Å². The molecule has 0 aliphatic heterocycles. The van der Waals surface area contributed by atoms with Crippen molar-refractivity contribution in [1.29, 1.82) is 0 Å². The van der Waals surface area contributed by atoms with E-state index >= 15 is 0 Å². The summed E-state index contributed by atoms with van der Waals surface area (Å²) < 4.78 is 32.8. The molecule has 0 saturated heterocycles. The number of nitrogens with two attached hydrogens (primary N) is 3. The fourth-order valence-corrected chi connectivity index (χ4v) is 8.66. The van der Waals surface area contributed by atoms with Crippen molar-refractivity contribution in [2.75, 3.05) is 49.9 Å². The summed E-state index contributed by atoms with van der Waals surface area (Å²) >= 11 is 0.569. The van der Waals surface area contributed by atoms with Crippen molar-refractivity contribution in [2.24, 2.45) is 29.0 Å². The molecule has 4 aromatic carbocycles. The minimum Gasteiger partial charge on any atom is -1.00 e. The zero-order valence-corrected chi connectivity index (χ0v) is 51.5. The third-order valence-corrected chi connectivity index (χ3v) is 13.1. The van der Waals surface area contributed by atoms with Gasteiger partial charge < -0.3 is 45.2 Å². The van der Waals surface area contributed by atoms with Gasteiger partial charge in [-0.2, -0.15) is 10.2 Å². The number of hydrogen-bond donors (Lipinski definition) is 8. The first-order valence-electron chi connectivity index (χ1n) is 26.7. The SMILES string of the molecule is Cc1cc(C(=O)Nc2cc(C(NCC3CC3)c3ccccn3)ccc2F)n(-c2cccc(CN)c2)n1.NCCNCCN.[B].[C-]#[N+]c1cccc(-n2nc(C)cc2C(=O)Nc2cc(C(NCC3CC3)c3ccccn3)ccc2F)c1.[Cl][Ni][Cl].[H-].[Na+]. The molecule has 4 aromatic heterocycles. The maximum atomic E-state index is 14.9. The molecule has 0 bridgehead atoms. The number of pyridine rings is 2. The Labute approximate surface area is 529 Å². The first-order valence-corrected chi connectivity index (χ1v) is 29.4. The molecule has 2 aliphatic carbocycles. The Morgan fingerprint density at radius 1 is 0.667 bits per heavy atom. The van der Waals surface area contributed by atoms with Gasteiger partial charge in [-0.25, -0.2) is 23.0 Å². The molecule has 11 N–H and O–H groups in total. The quantitative estimate of drug-likeness (QED) is 0.0213. The van der Waals surface area contributed by atoms with Crippen molar-refractivity contribution in [3.63, 3.8) is 0 Å². The predicted molar refractivity (Wildman–Crippen MR) is 323 cm³/mol. The second kappa shape index (κ2) is 35.3. The van der Waals surface area contributed by atoms with Gasteiger partial charge in [-0.05, 0) is 166 Å². The third kappa shape index (κ3) is 20.5. The molecule has 10 rings (SSSR count). The standard InChI is InChI=1S/C28H25FN6O.C28H29FN6O.C4H13N3.B.2ClH.Na.Ni.H/c1-18-14-26(35(34-18)22-7-5-6-21(16-22)30-2)28(36)33-25-15-20(11-12-23(25)29)27(32-17-19-9-10-19)24-8-3-4-13-31-24;1-18-13-26(35(34-18)22-6-4-5-20(14-22)16-30)28(36)33-25-15-21(10-11-23(25)29)27(32-17-19-8-9-19)24-7-2-3-12-31-24;5-1-3-7-4-2-6;;;;;;/h3-8,11-16,19,27,32H,9-10,17H2,1H3,(H,33,36);2-7,10-15,19,27,32H,8-9,16-17,30H2,1H3,(H,33,36);7H,1-6H2;;2*1H;;;/q;;;;;;+1;+2;-1/p-2. The van der Waals surface area contributed by atoms with Crippen LogP contribution >= 0.6 is 20.4 Å². The topological polar surface area (TPSA) is 238 Å². The van der Waals surface area contributed by atoms with Gasteiger partial charge >= 0.3 is 62.6 Å². The van der Waals surface area contributed by atoms with Crippen molar-refractivity contribution in [3.05, 3.63) is 220 Å². The smallest absolute Gasteiger partial charge is 1.00 e. The zero-order chi connectivity index (χ0) is 58.4. The summed E-state index contributed by atoms with van der Waals surface area (Å²) in [5, 5.41) is 24.5. The van der Waals surface area contributed by atoms with E-state index in [0.29, 0.717) is 78.3 Å². The van der Waals surface area contributed by atoms with Crippen LogP contribution in [0.15, 0.2) is 146 Å². The molecule has 8 aromatic rings. The normalized spacial score (nSPS) is 12.9. The molecule has 4 heterocycles. The number of halogens is 4. The molecule has 437 valence electrons. The number of anilines is 2. The van der Waals surface area contributed by atoms with Crippen LogP contribution in [0.3, 0.4) is 0 Å². The van der Waals surface area contributed by atoms with Gasteiger partial charge in [0.25, 0.3) is 11.8 Å². The van der Waals surface area contributed by atoms with E-state index in [9.17, 15) is 18.4 Å². The Balaban J connectivity index is 0.000000305. The summed E-state index contributed by atoms with van der Waals surface area (Å²) in [5.41, 5.74) is 24.1. The van der Waals surface area contributed by atoms with Gasteiger partial charge in [-0.1, -0.05) is 48.5 Å². The monoisotopic (exact) mass is 1230 g/mol. The summed E-state index contributed by atoms with van der Waals surface area (Å²) in [6.07, 6.45) is 8.33. The molecule has 2 aliphatic rings. The molecule has 24 heteroatoms. The van der Waals surface area contributed by atoms with Gasteiger partial charge in [0.1, 0.15) is 23.0 Å². The van der Waals surface area contributed by atoms with Crippen molar-refractivity contribution >= 4 is 57.7 Å². The number of amides is 2. The Morgan fingerprint density at radius 2 is 1.12 bits per heavy atom. The van der Waals surface area contributed by atoms with E-state index in [-0.39, 0.29) is 68.5 Å². The maximum Gasteiger partial charge on any atom is 1.00 e. The molecule has 3 radical (unpaired) electrons. The van der Waals surface area contributed by atoms with Gasteiger partial charge in [0.15, 0.2) is 5.69 Å². The first kappa shape index (κ1) is 68.6. The Kier molecular flexibility index (Phi) is 28.8. The van der Waals surface area contributed by atoms with Crippen LogP contribution in [0.1, 0.15) is 99.6 Å². The molecule has 17 nitrogen and oxygen atoms in total. The van der Waals surface area contributed by atoms with Crippen LogP contribution in [0.2, 0.25) is 0 Å². The van der Waals surface area contributed by atoms with Crippen LogP contribution in [0.4, 0.5) is 25.8 Å². The van der Waals surface area contributed by atoms with Crippen LogP contribution in [-0.4, -0.2) is 89.0 Å². The van der Waals surface area contributed by atoms with Crippen LogP contribution < -0.4 is 73.3 Å². The number of aromatic nitrogens is 6. The molecule has 84 heavy (non-hydrogen) atoms. The average molecular weight is 1230 g/mol. The fraction of sp³-hybridized carbons (Fsp3) is 0.283. The zero-order valence-electron chi connectivity index (χ0n) is 48.0. The van der Waals surface area contributed by atoms with Crippen LogP contribution in [0.25, 0.3) is 16.2 Å². The van der Waals surface area contributed by atoms with E-state index in [4.69, 9.17) is 44.2 Å². The van der Waals surface area contributed by atoms with E-state index < -0.39 is 23.4 Å². The number of rotatable bonds is 21. The van der Waals surface area contributed by atoms with E-state index in [1.165, 1.54) is 42.5 Å².